The highest BCUT2D eigenvalue weighted by Crippen LogP contribution is 2.10. The van der Waals surface area contributed by atoms with Gasteiger partial charge in [0.15, 0.2) is 0 Å². The van der Waals surface area contributed by atoms with Gasteiger partial charge >= 0.3 is 0 Å². The van der Waals surface area contributed by atoms with Gasteiger partial charge in [-0.15, -0.1) is 0 Å². The van der Waals surface area contributed by atoms with Crippen molar-refractivity contribution in [3.05, 3.63) is 29.8 Å². The summed E-state index contributed by atoms with van der Waals surface area (Å²) in [5.74, 6) is 0.00237. The molecule has 0 heterocycles. The van der Waals surface area contributed by atoms with E-state index >= 15 is 0 Å². The summed E-state index contributed by atoms with van der Waals surface area (Å²) in [6.45, 7) is 0.192. The molecule has 0 saturated heterocycles. The van der Waals surface area contributed by atoms with Crippen LogP contribution in [0.4, 0.5) is 0 Å². The first-order chi connectivity index (χ1) is 8.17. The van der Waals surface area contributed by atoms with Crippen molar-refractivity contribution in [2.24, 2.45) is 0 Å². The Bertz CT molecular complexity index is 344. The number of carbonyl (C=O) groups is 1. The first-order valence-corrected chi connectivity index (χ1v) is 5.44. The molecule has 0 aromatic heterocycles. The van der Waals surface area contributed by atoms with Gasteiger partial charge in [-0.25, -0.2) is 0 Å². The van der Waals surface area contributed by atoms with Gasteiger partial charge in [0.25, 0.3) is 0 Å². The van der Waals surface area contributed by atoms with E-state index in [2.05, 4.69) is 0 Å². The zero-order chi connectivity index (χ0) is 12.7. The number of carbonyl (C=O) groups excluding carboxylic acids is 1. The molecular formula is C12H17NO4. The van der Waals surface area contributed by atoms with Gasteiger partial charge in [0, 0.05) is 13.1 Å². The van der Waals surface area contributed by atoms with Crippen molar-refractivity contribution in [1.82, 2.24) is 4.90 Å². The number of hydrogen-bond acceptors (Lipinski definition) is 4. The van der Waals surface area contributed by atoms with Crippen LogP contribution in [0.5, 0.6) is 5.75 Å². The minimum atomic E-state index is -0.154. The lowest BCUT2D eigenvalue weighted by molar-refractivity contribution is -0.131. The monoisotopic (exact) mass is 239 g/mol. The average molecular weight is 239 g/mol. The molecule has 1 aromatic carbocycles. The van der Waals surface area contributed by atoms with Crippen LogP contribution in [0.3, 0.4) is 0 Å². The van der Waals surface area contributed by atoms with Crippen LogP contribution in [0.2, 0.25) is 0 Å². The lowest BCUT2D eigenvalue weighted by Crippen LogP contribution is -2.36. The molecule has 5 heteroatoms. The molecule has 3 N–H and O–H groups in total. The molecule has 0 saturated carbocycles. The van der Waals surface area contributed by atoms with Gasteiger partial charge in [0.05, 0.1) is 19.6 Å². The van der Waals surface area contributed by atoms with Crippen LogP contribution in [0, 0.1) is 0 Å². The van der Waals surface area contributed by atoms with Crippen molar-refractivity contribution >= 4 is 5.91 Å². The summed E-state index contributed by atoms with van der Waals surface area (Å²) in [6.07, 6.45) is 0.195. The van der Waals surface area contributed by atoms with Gasteiger partial charge in [-0.2, -0.15) is 0 Å². The first-order valence-electron chi connectivity index (χ1n) is 5.44. The van der Waals surface area contributed by atoms with E-state index in [0.717, 1.165) is 5.56 Å². The van der Waals surface area contributed by atoms with Crippen molar-refractivity contribution in [3.63, 3.8) is 0 Å². The molecule has 1 rings (SSSR count). The molecule has 0 aliphatic rings. The van der Waals surface area contributed by atoms with Crippen LogP contribution in [-0.2, 0) is 11.2 Å². The van der Waals surface area contributed by atoms with Gasteiger partial charge in [-0.3, -0.25) is 4.79 Å². The highest BCUT2D eigenvalue weighted by atomic mass is 16.3. The van der Waals surface area contributed by atoms with Gasteiger partial charge in [-0.05, 0) is 17.7 Å². The highest BCUT2D eigenvalue weighted by molar-refractivity contribution is 5.78. The summed E-state index contributed by atoms with van der Waals surface area (Å²) in [6, 6.07) is 6.38. The van der Waals surface area contributed by atoms with E-state index in [1.807, 2.05) is 0 Å². The van der Waals surface area contributed by atoms with Crippen LogP contribution in [0.1, 0.15) is 5.56 Å². The third-order valence-electron chi connectivity index (χ3n) is 2.38. The van der Waals surface area contributed by atoms with Crippen molar-refractivity contribution < 1.29 is 20.1 Å². The summed E-state index contributed by atoms with van der Waals surface area (Å²) in [7, 11) is 0. The molecule has 0 aliphatic carbocycles. The quantitative estimate of drug-likeness (QED) is 0.639. The predicted molar refractivity (Wildman–Crippen MR) is 62.6 cm³/mol. The maximum absolute atomic E-state index is 11.8. The number of phenolic OH excluding ortho intramolecular Hbond substituents is 1. The Morgan fingerprint density at radius 1 is 1.06 bits per heavy atom. The van der Waals surface area contributed by atoms with E-state index < -0.39 is 0 Å². The number of amides is 1. The average Bonchev–Trinajstić information content (AvgIpc) is 2.32. The zero-order valence-corrected chi connectivity index (χ0v) is 9.54. The van der Waals surface area contributed by atoms with E-state index in [4.69, 9.17) is 15.3 Å². The van der Waals surface area contributed by atoms with Crippen LogP contribution in [0.15, 0.2) is 24.3 Å². The maximum Gasteiger partial charge on any atom is 0.227 e. The predicted octanol–water partition coefficient (Wildman–Crippen LogP) is -0.252. The van der Waals surface area contributed by atoms with Crippen molar-refractivity contribution in [2.45, 2.75) is 6.42 Å². The van der Waals surface area contributed by atoms with Crippen LogP contribution in [-0.4, -0.2) is 52.4 Å². The SMILES string of the molecule is O=C(Cc1ccc(O)cc1)N(CCO)CCO. The zero-order valence-electron chi connectivity index (χ0n) is 9.54. The fourth-order valence-corrected chi connectivity index (χ4v) is 1.50. The number of phenols is 1. The normalized spacial score (nSPS) is 10.2. The maximum atomic E-state index is 11.8. The standard InChI is InChI=1S/C12H17NO4/c14-7-5-13(6-8-15)12(17)9-10-1-3-11(16)4-2-10/h1-4,14-16H,5-9H2. The number of hydrogen-bond donors (Lipinski definition) is 3. The Balaban J connectivity index is 2.59. The molecule has 0 radical (unpaired) electrons. The second kappa shape index (κ2) is 6.88. The van der Waals surface area contributed by atoms with Gasteiger partial charge in [-0.1, -0.05) is 12.1 Å². The third-order valence-corrected chi connectivity index (χ3v) is 2.38. The molecule has 1 amide bonds. The van der Waals surface area contributed by atoms with Crippen molar-refractivity contribution in [2.75, 3.05) is 26.3 Å². The summed E-state index contributed by atoms with van der Waals surface area (Å²) < 4.78 is 0. The van der Waals surface area contributed by atoms with E-state index in [9.17, 15) is 4.79 Å². The molecule has 0 unspecified atom stereocenters. The first kappa shape index (κ1) is 13.5. The number of benzene rings is 1. The fourth-order valence-electron chi connectivity index (χ4n) is 1.50. The lowest BCUT2D eigenvalue weighted by Gasteiger charge is -2.20. The summed E-state index contributed by atoms with van der Waals surface area (Å²) in [5, 5.41) is 26.7. The summed E-state index contributed by atoms with van der Waals surface area (Å²) in [5.41, 5.74) is 0.786. The fraction of sp³-hybridized carbons (Fsp3) is 0.417. The summed E-state index contributed by atoms with van der Waals surface area (Å²) >= 11 is 0. The molecule has 5 nitrogen and oxygen atoms in total. The van der Waals surface area contributed by atoms with Gasteiger partial charge in [0.2, 0.25) is 5.91 Å². The highest BCUT2D eigenvalue weighted by Gasteiger charge is 2.12. The Morgan fingerprint density at radius 3 is 2.06 bits per heavy atom. The number of rotatable bonds is 6. The van der Waals surface area contributed by atoms with E-state index in [1.54, 1.807) is 12.1 Å². The molecule has 0 fully saturated rings. The van der Waals surface area contributed by atoms with Gasteiger partial charge < -0.3 is 20.2 Å². The van der Waals surface area contributed by atoms with E-state index in [-0.39, 0.29) is 44.4 Å². The Morgan fingerprint density at radius 2 is 1.59 bits per heavy atom. The molecule has 1 aromatic rings. The van der Waals surface area contributed by atoms with E-state index in [0.29, 0.717) is 0 Å². The molecule has 0 atom stereocenters. The van der Waals surface area contributed by atoms with Crippen molar-refractivity contribution in [1.29, 1.82) is 0 Å². The Hall–Kier alpha value is -1.59. The second-order valence-electron chi connectivity index (χ2n) is 3.67. The molecule has 0 aliphatic heterocycles. The molecule has 0 spiro atoms. The van der Waals surface area contributed by atoms with Crippen LogP contribution < -0.4 is 0 Å². The molecular weight excluding hydrogens is 222 g/mol. The topological polar surface area (TPSA) is 81.0 Å². The molecule has 17 heavy (non-hydrogen) atoms. The minimum Gasteiger partial charge on any atom is -0.508 e. The van der Waals surface area contributed by atoms with Crippen molar-refractivity contribution in [3.8, 4) is 5.75 Å². The van der Waals surface area contributed by atoms with Crippen LogP contribution in [0.25, 0.3) is 0 Å². The Labute approximate surface area is 99.9 Å². The molecule has 94 valence electrons. The smallest absolute Gasteiger partial charge is 0.227 e. The summed E-state index contributed by atoms with van der Waals surface area (Å²) in [4.78, 5) is 13.2. The lowest BCUT2D eigenvalue weighted by atomic mass is 10.1. The third kappa shape index (κ3) is 4.42. The number of aliphatic hydroxyl groups excluding tert-OH is 2. The second-order valence-corrected chi connectivity index (χ2v) is 3.67. The number of nitrogens with zero attached hydrogens (tertiary/aromatic N) is 1. The largest absolute Gasteiger partial charge is 0.508 e. The van der Waals surface area contributed by atoms with Gasteiger partial charge in [0.1, 0.15) is 5.75 Å². The number of aliphatic hydroxyl groups is 2. The van der Waals surface area contributed by atoms with E-state index in [1.165, 1.54) is 17.0 Å². The number of aromatic hydroxyl groups is 1. The Kier molecular flexibility index (Phi) is 5.45. The van der Waals surface area contributed by atoms with Crippen LogP contribution >= 0.6 is 0 Å². The molecule has 0 bridgehead atoms. The minimum absolute atomic E-state index is 0.124.